The number of hydrogen-bond donors (Lipinski definition) is 3. The summed E-state index contributed by atoms with van der Waals surface area (Å²) in [6, 6.07) is 0. The van der Waals surface area contributed by atoms with Gasteiger partial charge in [0.25, 0.3) is 0 Å². The standard InChI is InChI=1S/CH6N3OP.Cr/c2-1(3)4-6-5;/h6H2,(H4,2,3,4,5);/q;+3/p+1. The first-order valence-electron chi connectivity index (χ1n) is 1.35. The van der Waals surface area contributed by atoms with Crippen molar-refractivity contribution in [1.29, 1.82) is 0 Å². The molecule has 0 saturated carbocycles. The topological polar surface area (TPSA) is 80.7 Å². The van der Waals surface area contributed by atoms with Gasteiger partial charge in [0, 0.05) is 0 Å². The molecule has 0 aliphatic rings. The van der Waals surface area contributed by atoms with E-state index < -0.39 is 8.61 Å². The van der Waals surface area contributed by atoms with E-state index in [0.29, 0.717) is 0 Å². The van der Waals surface area contributed by atoms with Crippen molar-refractivity contribution < 1.29 is 27.3 Å². The molecule has 0 aliphatic carbocycles. The molecule has 7 heavy (non-hydrogen) atoms. The zero-order valence-electron chi connectivity index (χ0n) is 3.55. The second kappa shape index (κ2) is 6.03. The first kappa shape index (κ1) is 10.1. The van der Waals surface area contributed by atoms with Crippen LogP contribution in [0.25, 0.3) is 0 Å². The van der Waals surface area contributed by atoms with Crippen molar-refractivity contribution in [3.63, 3.8) is 0 Å². The van der Waals surface area contributed by atoms with Gasteiger partial charge in [0.2, 0.25) is 8.61 Å². The molecule has 0 heterocycles. The Morgan fingerprint density at radius 3 is 2.29 bits per heavy atom. The van der Waals surface area contributed by atoms with Gasteiger partial charge in [-0.25, -0.2) is 5.09 Å². The minimum atomic E-state index is -1.03. The van der Waals surface area contributed by atoms with Crippen LogP contribution in [0, 0.1) is 0 Å². The van der Waals surface area contributed by atoms with E-state index in [1.807, 2.05) is 0 Å². The zero-order valence-corrected chi connectivity index (χ0v) is 5.98. The van der Waals surface area contributed by atoms with E-state index in [9.17, 15) is 4.57 Å². The molecule has 1 radical (unpaired) electrons. The van der Waals surface area contributed by atoms with Crippen LogP contribution in [0.15, 0.2) is 0 Å². The molecule has 0 fully saturated rings. The van der Waals surface area contributed by atoms with Crippen LogP contribution in [-0.2, 0) is 21.9 Å². The molecule has 0 aliphatic heterocycles. The maximum absolute atomic E-state index is 9.53. The van der Waals surface area contributed by atoms with Gasteiger partial charge in [0.1, 0.15) is 0 Å². The molecule has 0 saturated heterocycles. The van der Waals surface area contributed by atoms with Crippen LogP contribution in [-0.4, -0.2) is 5.96 Å². The van der Waals surface area contributed by atoms with Gasteiger partial charge in [0.15, 0.2) is 0 Å². The van der Waals surface area contributed by atoms with Crippen molar-refractivity contribution in [3.05, 3.63) is 0 Å². The van der Waals surface area contributed by atoms with E-state index >= 15 is 0 Å². The summed E-state index contributed by atoms with van der Waals surface area (Å²) in [5, 5.41) is 7.02. The molecule has 6 heteroatoms. The van der Waals surface area contributed by atoms with E-state index in [1.165, 1.54) is 0 Å². The van der Waals surface area contributed by atoms with Crippen molar-refractivity contribution in [1.82, 2.24) is 5.09 Å². The summed E-state index contributed by atoms with van der Waals surface area (Å²) >= 11 is 0. The minimum Gasteiger partial charge on any atom is -0.291 e. The van der Waals surface area contributed by atoms with E-state index in [4.69, 9.17) is 11.1 Å². The fraction of sp³-hybridized carbons (Fsp3) is 0. The second-order valence-corrected chi connectivity index (χ2v) is 1.24. The molecule has 1 unspecified atom stereocenters. The van der Waals surface area contributed by atoms with Crippen LogP contribution in [0.2, 0.25) is 0 Å². The predicted molar refractivity (Wildman–Crippen MR) is 24.7 cm³/mol. The van der Waals surface area contributed by atoms with Crippen LogP contribution < -0.4 is 16.2 Å². The zero-order chi connectivity index (χ0) is 4.99. The van der Waals surface area contributed by atoms with Gasteiger partial charge in [-0.3, -0.25) is 15.7 Å². The van der Waals surface area contributed by atoms with E-state index in [0.717, 1.165) is 0 Å². The van der Waals surface area contributed by atoms with Crippen LogP contribution in [0.4, 0.5) is 0 Å². The molecule has 0 rings (SSSR count). The van der Waals surface area contributed by atoms with Crippen LogP contribution in [0.3, 0.4) is 0 Å². The summed E-state index contributed by atoms with van der Waals surface area (Å²) in [6.07, 6.45) is 0. The van der Waals surface area contributed by atoms with E-state index in [-0.39, 0.29) is 23.3 Å². The van der Waals surface area contributed by atoms with Crippen molar-refractivity contribution in [3.8, 4) is 0 Å². The fourth-order valence-electron chi connectivity index (χ4n) is 0.0680. The Bertz CT molecular complexity index is 75.3. The minimum absolute atomic E-state index is 0. The van der Waals surface area contributed by atoms with Gasteiger partial charge in [-0.05, 0) is 0 Å². The molecule has 0 aromatic carbocycles. The molecule has 4 nitrogen and oxygen atoms in total. The van der Waals surface area contributed by atoms with Crippen molar-refractivity contribution in [2.75, 3.05) is 0 Å². The second-order valence-electron chi connectivity index (χ2n) is 0.718. The Morgan fingerprint density at radius 1 is 1.86 bits per heavy atom. The largest absolute Gasteiger partial charge is 3.00 e. The summed E-state index contributed by atoms with van der Waals surface area (Å²) in [6.45, 7) is 0. The predicted octanol–water partition coefficient (Wildman–Crippen LogP) is -2.68. The molecular formula is CH7CrN3OP+4. The molecular weight excluding hydrogens is 153 g/mol. The van der Waals surface area contributed by atoms with Gasteiger partial charge in [-0.15, -0.1) is 0 Å². The average Bonchev–Trinajstić information content (AvgIpc) is 1.35. The van der Waals surface area contributed by atoms with Crippen LogP contribution in [0.1, 0.15) is 0 Å². The third-order valence-electron chi connectivity index (χ3n) is 0.226. The van der Waals surface area contributed by atoms with E-state index in [2.05, 4.69) is 5.09 Å². The third-order valence-corrected chi connectivity index (χ3v) is 0.677. The number of hydrogen-bond acceptors (Lipinski definition) is 1. The van der Waals surface area contributed by atoms with Gasteiger partial charge < -0.3 is 0 Å². The molecule has 0 bridgehead atoms. The maximum atomic E-state index is 9.53. The first-order valence-corrected chi connectivity index (χ1v) is 2.40. The van der Waals surface area contributed by atoms with E-state index in [1.54, 1.807) is 0 Å². The van der Waals surface area contributed by atoms with Crippen molar-refractivity contribution in [2.45, 2.75) is 0 Å². The Labute approximate surface area is 53.4 Å². The van der Waals surface area contributed by atoms with Crippen molar-refractivity contribution >= 4 is 14.6 Å². The SMILES string of the molecule is NC(=[NH2+])N[PH2]=O.[Cr+3]. The number of rotatable bonds is 1. The molecule has 0 amide bonds. The van der Waals surface area contributed by atoms with Crippen LogP contribution >= 0.6 is 8.61 Å². The average molecular weight is 160 g/mol. The Morgan fingerprint density at radius 2 is 2.29 bits per heavy atom. The summed E-state index contributed by atoms with van der Waals surface area (Å²) in [5.41, 5.74) is 4.81. The molecule has 5 N–H and O–H groups in total. The number of guanidine groups is 1. The Balaban J connectivity index is 0. The fourth-order valence-corrected chi connectivity index (χ4v) is 0.204. The third kappa shape index (κ3) is 10.7. The summed E-state index contributed by atoms with van der Waals surface area (Å²) in [5.74, 6) is 0.0139. The smallest absolute Gasteiger partial charge is 0.291 e. The summed E-state index contributed by atoms with van der Waals surface area (Å²) in [4.78, 5) is 0. The van der Waals surface area contributed by atoms with Gasteiger partial charge in [-0.2, -0.15) is 0 Å². The van der Waals surface area contributed by atoms with Gasteiger partial charge in [0.05, 0.1) is 0 Å². The Hall–Kier alpha value is 0.0325. The Kier molecular flexibility index (Phi) is 8.71. The number of nitrogens with one attached hydrogen (secondary N) is 1. The molecule has 0 aromatic rings. The van der Waals surface area contributed by atoms with Gasteiger partial charge in [-0.1, -0.05) is 0 Å². The first-order chi connectivity index (χ1) is 2.77. The summed E-state index contributed by atoms with van der Waals surface area (Å²) < 4.78 is 9.53. The maximum Gasteiger partial charge on any atom is 3.00 e. The quantitative estimate of drug-likeness (QED) is 0.222. The van der Waals surface area contributed by atoms with Crippen molar-refractivity contribution in [2.24, 2.45) is 5.73 Å². The van der Waals surface area contributed by atoms with Crippen LogP contribution in [0.5, 0.6) is 0 Å². The molecule has 0 aromatic heterocycles. The van der Waals surface area contributed by atoms with Gasteiger partial charge >= 0.3 is 23.3 Å². The molecule has 0 spiro atoms. The normalized spacial score (nSPS) is 8.00. The molecule has 39 valence electrons. The monoisotopic (exact) mass is 160 g/mol. The number of nitrogens with two attached hydrogens (primary N) is 2. The summed E-state index contributed by atoms with van der Waals surface area (Å²) in [7, 11) is -1.03. The molecule has 1 atom stereocenters.